The van der Waals surface area contributed by atoms with Crippen molar-refractivity contribution < 1.29 is 0 Å². The predicted octanol–water partition coefficient (Wildman–Crippen LogP) is -3.39. The van der Waals surface area contributed by atoms with Crippen molar-refractivity contribution in [2.24, 2.45) is 0 Å². The van der Waals surface area contributed by atoms with Crippen molar-refractivity contribution in [2.75, 3.05) is 0 Å². The third-order valence-electron chi connectivity index (χ3n) is 0. The molecular weight excluding hydrogens is 241 g/mol. The van der Waals surface area contributed by atoms with Gasteiger partial charge in [0.2, 0.25) is 0 Å². The van der Waals surface area contributed by atoms with E-state index >= 15 is 0 Å². The van der Waals surface area contributed by atoms with E-state index in [1.807, 2.05) is 0 Å². The SMILES string of the molecule is N.[AlH3].[GeH4].[TeH2]. The quantitative estimate of drug-likeness (QED) is 0.449. The summed E-state index contributed by atoms with van der Waals surface area (Å²) in [5.41, 5.74) is 0. The summed E-state index contributed by atoms with van der Waals surface area (Å²) in [6, 6.07) is 0. The molecule has 30 valence electrons. The molecule has 0 unspecified atom stereocenters. The molecule has 0 amide bonds. The summed E-state index contributed by atoms with van der Waals surface area (Å²) in [6.07, 6.45) is 0. The van der Waals surface area contributed by atoms with Crippen LogP contribution in [-0.2, 0) is 0 Å². The summed E-state index contributed by atoms with van der Waals surface area (Å²) in [7, 11) is 0. The van der Waals surface area contributed by atoms with E-state index in [2.05, 4.69) is 0 Å². The fourth-order valence-corrected chi connectivity index (χ4v) is 0. The van der Waals surface area contributed by atoms with Gasteiger partial charge in [-0.1, -0.05) is 0 Å². The van der Waals surface area contributed by atoms with Gasteiger partial charge in [-0.25, -0.2) is 0 Å². The van der Waals surface area contributed by atoms with Crippen LogP contribution in [0.2, 0.25) is 0 Å². The van der Waals surface area contributed by atoms with Gasteiger partial charge < -0.3 is 6.15 Å². The molecule has 0 aliphatic carbocycles. The molecular formula is H12AlGeNTe. The van der Waals surface area contributed by atoms with E-state index in [0.29, 0.717) is 0 Å². The van der Waals surface area contributed by atoms with E-state index in [9.17, 15) is 0 Å². The Kier molecular flexibility index (Phi) is 216. The van der Waals surface area contributed by atoms with Crippen LogP contribution in [0.5, 0.6) is 0 Å². The van der Waals surface area contributed by atoms with Gasteiger partial charge in [-0.3, -0.25) is 0 Å². The average Bonchev–Trinajstić information content (AvgIpc) is 0. The summed E-state index contributed by atoms with van der Waals surface area (Å²) >= 11 is 0. The second-order valence-electron chi connectivity index (χ2n) is 0. The van der Waals surface area contributed by atoms with Gasteiger partial charge in [-0.2, -0.15) is 0 Å². The Morgan fingerprint density at radius 3 is 1.00 bits per heavy atom. The minimum atomic E-state index is 0. The van der Waals surface area contributed by atoms with E-state index < -0.39 is 0 Å². The normalized spacial score (nSPS) is 0. The van der Waals surface area contributed by atoms with Crippen LogP contribution in [0.4, 0.5) is 0 Å². The molecule has 0 aromatic carbocycles. The standard InChI is InChI=1S/Al.GeH4.H3N.H2Te.3H/h;1H4;1H3;1H2;;;. The number of hydrogen-bond donors (Lipinski definition) is 1. The third-order valence-corrected chi connectivity index (χ3v) is 0. The fourth-order valence-electron chi connectivity index (χ4n) is 0. The van der Waals surface area contributed by atoms with E-state index in [0.717, 1.165) is 0 Å². The molecule has 0 bridgehead atoms. The molecule has 0 aromatic heterocycles. The molecule has 0 rings (SSSR count). The predicted molar refractivity (Wildman–Crippen MR) is 34.8 cm³/mol. The topological polar surface area (TPSA) is 35.0 Å². The Hall–Kier alpha value is 1.82. The molecule has 0 saturated heterocycles. The zero-order valence-electron chi connectivity index (χ0n) is 1.21. The second-order valence-corrected chi connectivity index (χ2v) is 0. The first kappa shape index (κ1) is 40.7. The van der Waals surface area contributed by atoms with Crippen molar-refractivity contribution in [2.45, 2.75) is 0 Å². The summed E-state index contributed by atoms with van der Waals surface area (Å²) in [5, 5.41) is 0. The van der Waals surface area contributed by atoms with Crippen molar-refractivity contribution in [3.05, 3.63) is 0 Å². The van der Waals surface area contributed by atoms with Crippen LogP contribution in [0.3, 0.4) is 0 Å². The van der Waals surface area contributed by atoms with Gasteiger partial charge >= 0.3 is 41.3 Å². The van der Waals surface area contributed by atoms with Crippen molar-refractivity contribution in [1.82, 2.24) is 6.15 Å². The van der Waals surface area contributed by atoms with E-state index in [1.165, 1.54) is 0 Å². The van der Waals surface area contributed by atoms with Gasteiger partial charge in [-0.15, -0.1) is 0 Å². The molecule has 0 aliphatic heterocycles. The summed E-state index contributed by atoms with van der Waals surface area (Å²) in [4.78, 5) is 0. The first-order valence-electron chi connectivity index (χ1n) is 0. The third kappa shape index (κ3) is 9.17. The first-order chi connectivity index (χ1) is 0. The van der Waals surface area contributed by atoms with Gasteiger partial charge in [-0.05, 0) is 0 Å². The Balaban J connectivity index is 0. The molecule has 0 aromatic rings. The van der Waals surface area contributed by atoms with E-state index in [4.69, 9.17) is 0 Å². The zero-order chi connectivity index (χ0) is 0. The molecule has 0 spiro atoms. The Morgan fingerprint density at radius 2 is 1.00 bits per heavy atom. The number of rotatable bonds is 0. The maximum atomic E-state index is 0. The van der Waals surface area contributed by atoms with Gasteiger partial charge in [0.1, 0.15) is 0 Å². The molecule has 0 aliphatic rings. The molecule has 3 N–H and O–H groups in total. The summed E-state index contributed by atoms with van der Waals surface area (Å²) in [5.74, 6) is 0. The van der Waals surface area contributed by atoms with Gasteiger partial charge in [0, 0.05) is 0 Å². The van der Waals surface area contributed by atoms with Crippen molar-refractivity contribution in [3.63, 3.8) is 0 Å². The van der Waals surface area contributed by atoms with Gasteiger partial charge in [0.25, 0.3) is 0 Å². The van der Waals surface area contributed by atoms with Crippen LogP contribution in [0.25, 0.3) is 0 Å². The van der Waals surface area contributed by atoms with Gasteiger partial charge in [0.05, 0.1) is 0 Å². The molecule has 1 nitrogen and oxygen atoms in total. The summed E-state index contributed by atoms with van der Waals surface area (Å²) < 4.78 is 0. The van der Waals surface area contributed by atoms with Crippen LogP contribution < -0.4 is 6.15 Å². The van der Waals surface area contributed by atoms with Crippen LogP contribution in [0, 0.1) is 0 Å². The van der Waals surface area contributed by atoms with E-state index in [1.54, 1.807) is 0 Å². The fraction of sp³-hybridized carbons (Fsp3) is 0. The molecule has 0 atom stereocenters. The van der Waals surface area contributed by atoms with Crippen molar-refractivity contribution in [3.8, 4) is 0 Å². The van der Waals surface area contributed by atoms with Gasteiger partial charge in [0.15, 0.2) is 17.4 Å². The van der Waals surface area contributed by atoms with Crippen molar-refractivity contribution >= 4 is 58.6 Å². The average molecular weight is 253 g/mol. The molecule has 4 heteroatoms. The minimum absolute atomic E-state index is 0. The molecule has 0 radical (unpaired) electrons. The molecule has 0 fully saturated rings. The second kappa shape index (κ2) is 21.2. The van der Waals surface area contributed by atoms with Crippen molar-refractivity contribution in [1.29, 1.82) is 0 Å². The Labute approximate surface area is 64.3 Å². The van der Waals surface area contributed by atoms with Crippen LogP contribution in [0.1, 0.15) is 0 Å². The number of hydrogen-bond acceptors (Lipinski definition) is 1. The zero-order valence-corrected chi connectivity index (χ0v) is 4.06. The monoisotopic (exact) mass is 257 g/mol. The first-order valence-corrected chi connectivity index (χ1v) is 0. The summed E-state index contributed by atoms with van der Waals surface area (Å²) in [6.45, 7) is 0. The molecule has 4 heavy (non-hydrogen) atoms. The molecule has 0 heterocycles. The van der Waals surface area contributed by atoms with Crippen LogP contribution in [0.15, 0.2) is 0 Å². The molecule has 0 saturated carbocycles. The maximum absolute atomic E-state index is 0. The Bertz CT molecular complexity index is 8.00. The van der Waals surface area contributed by atoms with Crippen LogP contribution >= 0.6 is 0 Å². The Morgan fingerprint density at radius 1 is 1.00 bits per heavy atom. The van der Waals surface area contributed by atoms with E-state index in [-0.39, 0.29) is 64.8 Å². The van der Waals surface area contributed by atoms with Crippen LogP contribution in [-0.4, -0.2) is 58.6 Å².